The summed E-state index contributed by atoms with van der Waals surface area (Å²) in [5.74, 6) is -1.28. The zero-order valence-corrected chi connectivity index (χ0v) is 18.5. The van der Waals surface area contributed by atoms with E-state index in [0.717, 1.165) is 5.65 Å². The molecule has 2 N–H and O–H groups in total. The molecule has 2 aromatic rings. The number of alkyl carbamates (subject to hydrolysis) is 1. The molecule has 2 amide bonds. The SMILES string of the molecule is CC(C)(C)OC(=O)N[C@@H]1C(=O)N2C(C(=O)O)=C(C[n+]3ccn4cc(C#N)ccc43)CS[C@H]12. The van der Waals surface area contributed by atoms with Gasteiger partial charge in [0.1, 0.15) is 53.9 Å². The Bertz CT molecular complexity index is 1210. The smallest absolute Gasteiger partial charge is 0.408 e. The Balaban J connectivity index is 1.57. The molecule has 0 aliphatic carbocycles. The summed E-state index contributed by atoms with van der Waals surface area (Å²) in [6.45, 7) is 5.44. The minimum absolute atomic E-state index is 0.0542. The number of nitriles is 1. The predicted molar refractivity (Wildman–Crippen MR) is 113 cm³/mol. The van der Waals surface area contributed by atoms with E-state index < -0.39 is 35.0 Å². The quantitative estimate of drug-likeness (QED) is 0.523. The van der Waals surface area contributed by atoms with Gasteiger partial charge in [-0.15, -0.1) is 11.8 Å². The van der Waals surface area contributed by atoms with Crippen LogP contribution in [0.25, 0.3) is 5.65 Å². The monoisotopic (exact) mass is 456 g/mol. The number of carboxylic acid groups (broad SMARTS) is 1. The number of pyridine rings is 1. The molecular formula is C21H22N5O5S+. The van der Waals surface area contributed by atoms with Crippen molar-refractivity contribution in [2.45, 2.75) is 44.3 Å². The van der Waals surface area contributed by atoms with Crippen molar-refractivity contribution in [3.8, 4) is 6.07 Å². The number of aromatic nitrogens is 2. The molecule has 11 heteroatoms. The van der Waals surface area contributed by atoms with Crippen LogP contribution in [0, 0.1) is 11.3 Å². The van der Waals surface area contributed by atoms with Gasteiger partial charge in [0.2, 0.25) is 0 Å². The Labute approximate surface area is 188 Å². The Morgan fingerprint density at radius 3 is 2.81 bits per heavy atom. The van der Waals surface area contributed by atoms with Crippen LogP contribution in [0.15, 0.2) is 42.0 Å². The maximum atomic E-state index is 12.7. The summed E-state index contributed by atoms with van der Waals surface area (Å²) in [7, 11) is 0. The van der Waals surface area contributed by atoms with Crippen LogP contribution >= 0.6 is 11.8 Å². The number of imidazole rings is 1. The molecule has 0 bridgehead atoms. The first-order chi connectivity index (χ1) is 15.1. The molecule has 1 saturated heterocycles. The number of carbonyl (C=O) groups is 3. The molecule has 0 spiro atoms. The van der Waals surface area contributed by atoms with Gasteiger partial charge in [0.15, 0.2) is 0 Å². The third-order valence-corrected chi connectivity index (χ3v) is 6.41. The van der Waals surface area contributed by atoms with E-state index in [0.29, 0.717) is 16.9 Å². The minimum Gasteiger partial charge on any atom is -0.477 e. The van der Waals surface area contributed by atoms with E-state index in [4.69, 9.17) is 10.00 Å². The number of hydrogen-bond acceptors (Lipinski definition) is 6. The van der Waals surface area contributed by atoms with Gasteiger partial charge in [0, 0.05) is 17.4 Å². The van der Waals surface area contributed by atoms with Gasteiger partial charge in [-0.1, -0.05) is 0 Å². The molecule has 1 fully saturated rings. The molecule has 4 heterocycles. The highest BCUT2D eigenvalue weighted by Gasteiger charge is 2.54. The maximum Gasteiger partial charge on any atom is 0.408 e. The fourth-order valence-electron chi connectivity index (χ4n) is 3.75. The third kappa shape index (κ3) is 3.89. The van der Waals surface area contributed by atoms with E-state index >= 15 is 0 Å². The first-order valence-electron chi connectivity index (χ1n) is 9.89. The zero-order chi connectivity index (χ0) is 23.2. The van der Waals surface area contributed by atoms with Gasteiger partial charge in [-0.25, -0.2) is 18.6 Å². The number of hydrogen-bond donors (Lipinski definition) is 2. The second-order valence-corrected chi connectivity index (χ2v) is 9.62. The summed E-state index contributed by atoms with van der Waals surface area (Å²) in [5.41, 5.74) is 1.12. The number of aliphatic carboxylic acids is 1. The molecule has 2 atom stereocenters. The molecule has 0 aromatic carbocycles. The minimum atomic E-state index is -1.19. The number of nitrogens with zero attached hydrogens (tertiary/aromatic N) is 4. The maximum absolute atomic E-state index is 12.7. The normalized spacial score (nSPS) is 20.4. The molecule has 10 nitrogen and oxygen atoms in total. The summed E-state index contributed by atoms with van der Waals surface area (Å²) >= 11 is 1.40. The molecule has 32 heavy (non-hydrogen) atoms. The number of ether oxygens (including phenoxy) is 1. The summed E-state index contributed by atoms with van der Waals surface area (Å²) < 4.78 is 8.86. The molecule has 2 aliphatic rings. The lowest BCUT2D eigenvalue weighted by atomic mass is 10.0. The molecule has 166 valence electrons. The van der Waals surface area contributed by atoms with Gasteiger partial charge in [-0.3, -0.25) is 9.69 Å². The highest BCUT2D eigenvalue weighted by molar-refractivity contribution is 8.00. The van der Waals surface area contributed by atoms with E-state index in [1.807, 2.05) is 4.57 Å². The summed E-state index contributed by atoms with van der Waals surface area (Å²) in [6, 6.07) is 4.72. The number of thioether (sulfide) groups is 1. The zero-order valence-electron chi connectivity index (χ0n) is 17.7. The standard InChI is InChI=1S/C21H21N5O5S/c1-21(2,3)31-20(30)23-15-17(27)26-16(19(28)29)13(11-32-18(15)26)10-25-7-6-24-9-12(8-22)4-5-14(24)25/h4-7,9,15,18H,10-11H2,1-3H3,(H-,23,28,29,30)/p+1/t15-,18-/m1/s1. The molecule has 0 radical (unpaired) electrons. The van der Waals surface area contributed by atoms with E-state index in [1.54, 1.807) is 55.9 Å². The number of carboxylic acids is 1. The predicted octanol–water partition coefficient (Wildman–Crippen LogP) is 1.25. The van der Waals surface area contributed by atoms with Crippen molar-refractivity contribution in [2.75, 3.05) is 5.75 Å². The second kappa shape index (κ2) is 7.87. The lowest BCUT2D eigenvalue weighted by Gasteiger charge is -2.49. The average Bonchev–Trinajstić information content (AvgIpc) is 3.12. The Morgan fingerprint density at radius 1 is 1.41 bits per heavy atom. The largest absolute Gasteiger partial charge is 0.477 e. The first-order valence-corrected chi connectivity index (χ1v) is 10.9. The van der Waals surface area contributed by atoms with Crippen molar-refractivity contribution in [2.24, 2.45) is 0 Å². The van der Waals surface area contributed by atoms with Gasteiger partial charge in [-0.05, 0) is 26.8 Å². The summed E-state index contributed by atoms with van der Waals surface area (Å²) in [5, 5.41) is 21.0. The molecule has 0 saturated carbocycles. The van der Waals surface area contributed by atoms with Crippen LogP contribution in [0.4, 0.5) is 4.79 Å². The van der Waals surface area contributed by atoms with Crippen molar-refractivity contribution in [1.29, 1.82) is 5.26 Å². The fourth-order valence-corrected chi connectivity index (χ4v) is 5.08. The van der Waals surface area contributed by atoms with Crippen molar-refractivity contribution >= 4 is 35.4 Å². The Morgan fingerprint density at radius 2 is 2.16 bits per heavy atom. The summed E-state index contributed by atoms with van der Waals surface area (Å²) in [4.78, 5) is 38.1. The highest BCUT2D eigenvalue weighted by atomic mass is 32.2. The Hall–Kier alpha value is -3.52. The van der Waals surface area contributed by atoms with E-state index in [-0.39, 0.29) is 12.2 Å². The van der Waals surface area contributed by atoms with Gasteiger partial charge < -0.3 is 15.2 Å². The second-order valence-electron chi connectivity index (χ2n) is 8.51. The van der Waals surface area contributed by atoms with Crippen molar-refractivity contribution in [3.63, 3.8) is 0 Å². The van der Waals surface area contributed by atoms with Crippen LogP contribution in [0.2, 0.25) is 0 Å². The lowest BCUT2D eigenvalue weighted by Crippen LogP contribution is -2.71. The van der Waals surface area contributed by atoms with Crippen LogP contribution in [-0.4, -0.2) is 55.1 Å². The van der Waals surface area contributed by atoms with Gasteiger partial charge in [-0.2, -0.15) is 5.26 Å². The number of fused-ring (bicyclic) bond motifs is 2. The molecule has 2 aliphatic heterocycles. The van der Waals surface area contributed by atoms with Crippen LogP contribution in [0.3, 0.4) is 0 Å². The summed E-state index contributed by atoms with van der Waals surface area (Å²) in [6.07, 6.45) is 4.56. The van der Waals surface area contributed by atoms with E-state index in [1.165, 1.54) is 16.7 Å². The number of carbonyl (C=O) groups excluding carboxylic acids is 2. The molecule has 4 rings (SSSR count). The van der Waals surface area contributed by atoms with Crippen molar-refractivity contribution < 1.29 is 28.8 Å². The Kier molecular flexibility index (Phi) is 5.34. The first kappa shape index (κ1) is 21.7. The van der Waals surface area contributed by atoms with Crippen molar-refractivity contribution in [3.05, 3.63) is 47.6 Å². The third-order valence-electron chi connectivity index (χ3n) is 5.07. The van der Waals surface area contributed by atoms with E-state index in [2.05, 4.69) is 11.4 Å². The lowest BCUT2D eigenvalue weighted by molar-refractivity contribution is -0.662. The topological polar surface area (TPSA) is 128 Å². The van der Waals surface area contributed by atoms with Gasteiger partial charge in [0.05, 0.1) is 5.56 Å². The van der Waals surface area contributed by atoms with Crippen LogP contribution in [0.1, 0.15) is 26.3 Å². The van der Waals surface area contributed by atoms with Gasteiger partial charge >= 0.3 is 12.1 Å². The number of nitrogens with one attached hydrogen (secondary N) is 1. The molecule has 0 unspecified atom stereocenters. The molecular weight excluding hydrogens is 434 g/mol. The number of amides is 2. The van der Waals surface area contributed by atoms with Crippen molar-refractivity contribution in [1.82, 2.24) is 14.6 Å². The number of rotatable bonds is 4. The van der Waals surface area contributed by atoms with Crippen LogP contribution in [-0.2, 0) is 20.9 Å². The van der Waals surface area contributed by atoms with Crippen LogP contribution < -0.4 is 9.88 Å². The fraction of sp³-hybridized carbons (Fsp3) is 0.381. The van der Waals surface area contributed by atoms with E-state index in [9.17, 15) is 19.5 Å². The van der Waals surface area contributed by atoms with Gasteiger partial charge in [0.25, 0.3) is 11.6 Å². The number of β-lactam (4-membered cyclic amide) rings is 1. The van der Waals surface area contributed by atoms with Crippen LogP contribution in [0.5, 0.6) is 0 Å². The highest BCUT2D eigenvalue weighted by Crippen LogP contribution is 2.40. The molecule has 2 aromatic heterocycles. The average molecular weight is 457 g/mol.